The number of nitrogens with zero attached hydrogens (tertiary/aromatic N) is 4. The minimum absolute atomic E-state index is 0. The van der Waals surface area contributed by atoms with Crippen molar-refractivity contribution in [1.82, 2.24) is 25.4 Å². The van der Waals surface area contributed by atoms with Crippen LogP contribution < -0.4 is 10.6 Å². The van der Waals surface area contributed by atoms with E-state index in [1.807, 2.05) is 0 Å². The van der Waals surface area contributed by atoms with Gasteiger partial charge >= 0.3 is 0 Å². The number of aromatic nitrogens is 3. The van der Waals surface area contributed by atoms with E-state index in [1.54, 1.807) is 24.7 Å². The van der Waals surface area contributed by atoms with Crippen LogP contribution >= 0.6 is 35.3 Å². The first-order valence-corrected chi connectivity index (χ1v) is 7.91. The molecular formula is C14H23IN6S. The molecule has 6 nitrogen and oxygen atoms in total. The summed E-state index contributed by atoms with van der Waals surface area (Å²) in [6.07, 6.45) is 2.66. The number of aryl methyl sites for hydroxylation is 2. The van der Waals surface area contributed by atoms with Gasteiger partial charge in [-0.1, -0.05) is 6.92 Å². The minimum atomic E-state index is 0. The van der Waals surface area contributed by atoms with Crippen molar-refractivity contribution in [2.75, 3.05) is 13.6 Å². The van der Waals surface area contributed by atoms with Crippen molar-refractivity contribution in [2.45, 2.75) is 33.4 Å². The van der Waals surface area contributed by atoms with E-state index in [4.69, 9.17) is 0 Å². The summed E-state index contributed by atoms with van der Waals surface area (Å²) < 4.78 is 2.06. The highest BCUT2D eigenvalue weighted by atomic mass is 127. The number of guanidine groups is 1. The molecule has 0 saturated carbocycles. The molecule has 0 saturated heterocycles. The standard InChI is InChI=1S/C14H22N6S.HI/c1-4-13-19-18-10-20(13)8-7-16-14(15-3)17-9-12-6-5-11(2)21-12;/h5-6,10H,4,7-9H2,1-3H3,(H2,15,16,17);1H. The van der Waals surface area contributed by atoms with Gasteiger partial charge in [0.05, 0.1) is 6.54 Å². The zero-order valence-electron chi connectivity index (χ0n) is 13.2. The largest absolute Gasteiger partial charge is 0.355 e. The molecule has 0 atom stereocenters. The highest BCUT2D eigenvalue weighted by molar-refractivity contribution is 14.0. The second-order valence-electron chi connectivity index (χ2n) is 4.66. The maximum Gasteiger partial charge on any atom is 0.191 e. The second-order valence-corrected chi connectivity index (χ2v) is 6.03. The van der Waals surface area contributed by atoms with Gasteiger partial charge in [0, 0.05) is 36.3 Å². The molecular weight excluding hydrogens is 411 g/mol. The summed E-state index contributed by atoms with van der Waals surface area (Å²) in [6, 6.07) is 4.28. The molecule has 8 heteroatoms. The van der Waals surface area contributed by atoms with Crippen molar-refractivity contribution in [3.05, 3.63) is 34.0 Å². The van der Waals surface area contributed by atoms with Crippen LogP contribution in [0.15, 0.2) is 23.5 Å². The van der Waals surface area contributed by atoms with Crippen LogP contribution in [0.5, 0.6) is 0 Å². The van der Waals surface area contributed by atoms with Gasteiger partial charge in [0.15, 0.2) is 5.96 Å². The van der Waals surface area contributed by atoms with Gasteiger partial charge in [-0.25, -0.2) is 0 Å². The Morgan fingerprint density at radius 2 is 2.18 bits per heavy atom. The number of halogens is 1. The first-order chi connectivity index (χ1) is 10.2. The van der Waals surface area contributed by atoms with Gasteiger partial charge in [0.2, 0.25) is 0 Å². The maximum atomic E-state index is 4.23. The Balaban J connectivity index is 0.00000242. The monoisotopic (exact) mass is 434 g/mol. The van der Waals surface area contributed by atoms with Gasteiger partial charge < -0.3 is 15.2 Å². The van der Waals surface area contributed by atoms with Crippen LogP contribution in [-0.2, 0) is 19.5 Å². The normalized spacial score (nSPS) is 11.1. The fourth-order valence-electron chi connectivity index (χ4n) is 2.01. The molecule has 122 valence electrons. The van der Waals surface area contributed by atoms with Crippen molar-refractivity contribution < 1.29 is 0 Å². The Bertz CT molecular complexity index is 592. The SMILES string of the molecule is CCc1nncn1CCNC(=NC)NCc1ccc(C)s1.I. The Hall–Kier alpha value is -1.16. The molecule has 2 aromatic rings. The quantitative estimate of drug-likeness (QED) is 0.416. The van der Waals surface area contributed by atoms with Crippen LogP contribution in [0.4, 0.5) is 0 Å². The van der Waals surface area contributed by atoms with Crippen LogP contribution in [0.2, 0.25) is 0 Å². The van der Waals surface area contributed by atoms with E-state index in [9.17, 15) is 0 Å². The molecule has 0 amide bonds. The van der Waals surface area contributed by atoms with Crippen molar-refractivity contribution >= 4 is 41.3 Å². The van der Waals surface area contributed by atoms with E-state index in [0.29, 0.717) is 0 Å². The summed E-state index contributed by atoms with van der Waals surface area (Å²) >= 11 is 1.80. The molecule has 22 heavy (non-hydrogen) atoms. The van der Waals surface area contributed by atoms with Crippen LogP contribution in [0.25, 0.3) is 0 Å². The minimum Gasteiger partial charge on any atom is -0.355 e. The van der Waals surface area contributed by atoms with E-state index in [1.165, 1.54) is 9.75 Å². The third-order valence-electron chi connectivity index (χ3n) is 3.11. The summed E-state index contributed by atoms with van der Waals surface area (Å²) in [5.74, 6) is 1.82. The molecule has 0 aliphatic heterocycles. The summed E-state index contributed by atoms with van der Waals surface area (Å²) in [7, 11) is 1.78. The number of aliphatic imine (C=N–C) groups is 1. The summed E-state index contributed by atoms with van der Waals surface area (Å²) in [4.78, 5) is 6.87. The smallest absolute Gasteiger partial charge is 0.191 e. The molecule has 0 radical (unpaired) electrons. The van der Waals surface area contributed by atoms with E-state index >= 15 is 0 Å². The Labute approximate surface area is 152 Å². The van der Waals surface area contributed by atoms with E-state index in [2.05, 4.69) is 56.4 Å². The average Bonchev–Trinajstić information content (AvgIpc) is 3.11. The van der Waals surface area contributed by atoms with E-state index < -0.39 is 0 Å². The molecule has 0 bridgehead atoms. The van der Waals surface area contributed by atoms with Crippen LogP contribution in [-0.4, -0.2) is 34.3 Å². The fraction of sp³-hybridized carbons (Fsp3) is 0.500. The third kappa shape index (κ3) is 5.56. The molecule has 0 fully saturated rings. The van der Waals surface area contributed by atoms with Crippen LogP contribution in [0, 0.1) is 6.92 Å². The Kier molecular flexibility index (Phi) is 8.39. The van der Waals surface area contributed by atoms with Gasteiger partial charge in [-0.15, -0.1) is 45.5 Å². The number of hydrogen-bond donors (Lipinski definition) is 2. The number of nitrogens with one attached hydrogen (secondary N) is 2. The number of rotatable bonds is 6. The summed E-state index contributed by atoms with van der Waals surface area (Å²) in [6.45, 7) is 6.61. The molecule has 0 aliphatic rings. The zero-order valence-corrected chi connectivity index (χ0v) is 16.3. The fourth-order valence-corrected chi connectivity index (χ4v) is 2.84. The summed E-state index contributed by atoms with van der Waals surface area (Å²) in [5.41, 5.74) is 0. The molecule has 0 unspecified atom stereocenters. The molecule has 2 N–H and O–H groups in total. The lowest BCUT2D eigenvalue weighted by atomic mass is 10.4. The van der Waals surface area contributed by atoms with Crippen molar-refractivity contribution in [1.29, 1.82) is 0 Å². The Morgan fingerprint density at radius 1 is 1.36 bits per heavy atom. The highest BCUT2D eigenvalue weighted by Crippen LogP contribution is 2.14. The second kappa shape index (κ2) is 9.78. The van der Waals surface area contributed by atoms with Crippen LogP contribution in [0.1, 0.15) is 22.5 Å². The van der Waals surface area contributed by atoms with Gasteiger partial charge in [0.1, 0.15) is 12.2 Å². The van der Waals surface area contributed by atoms with Gasteiger partial charge in [-0.2, -0.15) is 0 Å². The van der Waals surface area contributed by atoms with Crippen molar-refractivity contribution in [3.63, 3.8) is 0 Å². The molecule has 2 heterocycles. The van der Waals surface area contributed by atoms with Crippen LogP contribution in [0.3, 0.4) is 0 Å². The molecule has 2 aromatic heterocycles. The van der Waals surface area contributed by atoms with Gasteiger partial charge in [0.25, 0.3) is 0 Å². The first kappa shape index (κ1) is 18.9. The number of hydrogen-bond acceptors (Lipinski definition) is 4. The molecule has 2 rings (SSSR count). The lowest BCUT2D eigenvalue weighted by Gasteiger charge is -2.12. The first-order valence-electron chi connectivity index (χ1n) is 7.09. The van der Waals surface area contributed by atoms with E-state index in [0.717, 1.165) is 37.8 Å². The lowest BCUT2D eigenvalue weighted by Crippen LogP contribution is -2.38. The number of thiophene rings is 1. The molecule has 0 aliphatic carbocycles. The third-order valence-corrected chi connectivity index (χ3v) is 4.11. The molecule has 0 aromatic carbocycles. The predicted octanol–water partition coefficient (Wildman–Crippen LogP) is 2.19. The topological polar surface area (TPSA) is 67.1 Å². The maximum absolute atomic E-state index is 4.23. The predicted molar refractivity (Wildman–Crippen MR) is 102 cm³/mol. The van der Waals surface area contributed by atoms with Gasteiger partial charge in [-0.05, 0) is 19.1 Å². The van der Waals surface area contributed by atoms with Crippen molar-refractivity contribution in [2.24, 2.45) is 4.99 Å². The Morgan fingerprint density at radius 3 is 2.82 bits per heavy atom. The van der Waals surface area contributed by atoms with Gasteiger partial charge in [-0.3, -0.25) is 4.99 Å². The highest BCUT2D eigenvalue weighted by Gasteiger charge is 2.03. The lowest BCUT2D eigenvalue weighted by molar-refractivity contribution is 0.633. The van der Waals surface area contributed by atoms with E-state index in [-0.39, 0.29) is 24.0 Å². The summed E-state index contributed by atoms with van der Waals surface area (Å²) in [5, 5.41) is 14.6. The van der Waals surface area contributed by atoms with Crippen molar-refractivity contribution in [3.8, 4) is 0 Å². The zero-order chi connectivity index (χ0) is 15.1. The average molecular weight is 434 g/mol. The molecule has 0 spiro atoms.